The van der Waals surface area contributed by atoms with Crippen LogP contribution in [0.2, 0.25) is 0 Å². The summed E-state index contributed by atoms with van der Waals surface area (Å²) in [6.45, 7) is 12.5. The Morgan fingerprint density at radius 2 is 1.63 bits per heavy atom. The fourth-order valence-corrected chi connectivity index (χ4v) is 3.26. The first kappa shape index (κ1) is 30.1. The van der Waals surface area contributed by atoms with Crippen LogP contribution in [0, 0.1) is 0 Å². The lowest BCUT2D eigenvalue weighted by atomic mass is 9.98. The van der Waals surface area contributed by atoms with E-state index in [1.165, 1.54) is 0 Å². The number of aliphatic carboxylic acids is 1. The van der Waals surface area contributed by atoms with E-state index in [-0.39, 0.29) is 18.8 Å². The number of hydrogen-bond acceptors (Lipinski definition) is 5. The zero-order valence-corrected chi connectivity index (χ0v) is 21.9. The topological polar surface area (TPSA) is 96.3 Å². The number of benzene rings is 2. The van der Waals surface area contributed by atoms with Crippen LogP contribution in [0.3, 0.4) is 0 Å². The summed E-state index contributed by atoms with van der Waals surface area (Å²) in [4.78, 5) is 23.7. The van der Waals surface area contributed by atoms with Crippen molar-refractivity contribution in [1.82, 2.24) is 4.90 Å². The van der Waals surface area contributed by atoms with Crippen LogP contribution in [0.5, 0.6) is 0 Å². The second kappa shape index (κ2) is 15.2. The van der Waals surface area contributed by atoms with Crippen molar-refractivity contribution in [3.05, 3.63) is 59.7 Å². The van der Waals surface area contributed by atoms with E-state index < -0.39 is 11.6 Å². The Morgan fingerprint density at radius 3 is 2.17 bits per heavy atom. The van der Waals surface area contributed by atoms with Gasteiger partial charge in [0.15, 0.2) is 0 Å². The smallest absolute Gasteiger partial charge is 0.410 e. The molecule has 0 saturated carbocycles. The fraction of sp³-hybridized carbons (Fsp3) is 0.500. The highest BCUT2D eigenvalue weighted by atomic mass is 16.6. The molecule has 0 heterocycles. The molecule has 2 aromatic carbocycles. The van der Waals surface area contributed by atoms with E-state index in [0.29, 0.717) is 26.1 Å². The maximum Gasteiger partial charge on any atom is 0.410 e. The highest BCUT2D eigenvalue weighted by Gasteiger charge is 2.23. The summed E-state index contributed by atoms with van der Waals surface area (Å²) in [5.41, 5.74) is 3.79. The molecule has 0 radical (unpaired) electrons. The van der Waals surface area contributed by atoms with Crippen LogP contribution < -0.4 is 0 Å². The molecule has 0 unspecified atom stereocenters. The summed E-state index contributed by atoms with van der Waals surface area (Å²) in [5, 5.41) is 16.6. The number of carbonyl (C=O) groups excluding carboxylic acids is 1. The van der Waals surface area contributed by atoms with Gasteiger partial charge in [-0.2, -0.15) is 0 Å². The third-order valence-electron chi connectivity index (χ3n) is 4.72. The highest BCUT2D eigenvalue weighted by molar-refractivity contribution is 5.71. The van der Waals surface area contributed by atoms with Crippen molar-refractivity contribution < 1.29 is 29.3 Å². The summed E-state index contributed by atoms with van der Waals surface area (Å²) >= 11 is 0. The van der Waals surface area contributed by atoms with Gasteiger partial charge >= 0.3 is 6.09 Å². The van der Waals surface area contributed by atoms with Crippen LogP contribution in [0.15, 0.2) is 48.5 Å². The SMILES string of the molecule is CC(=O)O.CC(C)OCCCN(Cc1ccccc1-c1ccc(CCO)cc1)C(=O)OC(C)(C)C. The minimum atomic E-state index is -0.833. The number of aliphatic hydroxyl groups is 1. The van der Waals surface area contributed by atoms with E-state index in [1.807, 2.05) is 58.9 Å². The number of carboxylic acid groups (broad SMARTS) is 1. The van der Waals surface area contributed by atoms with Gasteiger partial charge in [0.05, 0.1) is 6.10 Å². The number of aliphatic hydroxyl groups excluding tert-OH is 1. The summed E-state index contributed by atoms with van der Waals surface area (Å²) in [6, 6.07) is 16.3. The van der Waals surface area contributed by atoms with Crippen LogP contribution in [0.1, 0.15) is 59.1 Å². The van der Waals surface area contributed by atoms with Crippen molar-refractivity contribution in [2.24, 2.45) is 0 Å². The van der Waals surface area contributed by atoms with E-state index in [2.05, 4.69) is 24.3 Å². The van der Waals surface area contributed by atoms with Gasteiger partial charge in [-0.15, -0.1) is 0 Å². The van der Waals surface area contributed by atoms with E-state index >= 15 is 0 Å². The molecule has 7 heteroatoms. The second-order valence-electron chi connectivity index (χ2n) is 9.52. The Hall–Kier alpha value is -2.90. The summed E-state index contributed by atoms with van der Waals surface area (Å²) < 4.78 is 11.3. The summed E-state index contributed by atoms with van der Waals surface area (Å²) in [6.07, 6.45) is 1.25. The molecule has 0 saturated heterocycles. The summed E-state index contributed by atoms with van der Waals surface area (Å²) in [5.74, 6) is -0.833. The third-order valence-corrected chi connectivity index (χ3v) is 4.72. The lowest BCUT2D eigenvalue weighted by Crippen LogP contribution is -2.37. The molecule has 0 aliphatic rings. The Kier molecular flexibility index (Phi) is 13.1. The molecule has 0 aromatic heterocycles. The molecule has 194 valence electrons. The van der Waals surface area contributed by atoms with Crippen molar-refractivity contribution >= 4 is 12.1 Å². The van der Waals surface area contributed by atoms with Crippen LogP contribution in [-0.2, 0) is 27.2 Å². The molecule has 0 atom stereocenters. The van der Waals surface area contributed by atoms with Crippen LogP contribution in [-0.4, -0.2) is 58.6 Å². The maximum atomic E-state index is 12.9. The van der Waals surface area contributed by atoms with E-state index in [0.717, 1.165) is 35.6 Å². The van der Waals surface area contributed by atoms with Gasteiger partial charge in [-0.1, -0.05) is 48.5 Å². The molecule has 2 N–H and O–H groups in total. The average Bonchev–Trinajstić information content (AvgIpc) is 2.75. The Bertz CT molecular complexity index is 898. The van der Waals surface area contributed by atoms with E-state index in [4.69, 9.17) is 24.5 Å². The van der Waals surface area contributed by atoms with Gasteiger partial charge in [0.25, 0.3) is 5.97 Å². The van der Waals surface area contributed by atoms with E-state index in [9.17, 15) is 4.79 Å². The normalized spacial score (nSPS) is 11.0. The standard InChI is InChI=1S/C26H37NO4.C2H4O2/c1-20(2)30-18-8-16-27(25(29)31-26(3,4)5)19-23-9-6-7-10-24(23)22-13-11-21(12-14-22)15-17-28;1-2(3)4/h6-7,9-14,20,28H,8,15-19H2,1-5H3;1H3,(H,3,4). The molecule has 35 heavy (non-hydrogen) atoms. The van der Waals surface area contributed by atoms with Gasteiger partial charge in [0, 0.05) is 33.2 Å². The molecule has 1 amide bonds. The number of ether oxygens (including phenoxy) is 2. The first-order chi connectivity index (χ1) is 16.4. The zero-order valence-electron chi connectivity index (χ0n) is 21.9. The molecule has 0 bridgehead atoms. The first-order valence-corrected chi connectivity index (χ1v) is 12.0. The van der Waals surface area contributed by atoms with Gasteiger partial charge in [0.1, 0.15) is 5.60 Å². The van der Waals surface area contributed by atoms with Gasteiger partial charge in [-0.25, -0.2) is 4.79 Å². The first-order valence-electron chi connectivity index (χ1n) is 12.0. The van der Waals surface area contributed by atoms with E-state index in [1.54, 1.807) is 4.90 Å². The predicted molar refractivity (Wildman–Crippen MR) is 138 cm³/mol. The van der Waals surface area contributed by atoms with Gasteiger partial charge in [-0.05, 0) is 69.7 Å². The maximum absolute atomic E-state index is 12.9. The van der Waals surface area contributed by atoms with Crippen molar-refractivity contribution in [2.45, 2.75) is 72.6 Å². The fourth-order valence-electron chi connectivity index (χ4n) is 3.26. The van der Waals surface area contributed by atoms with Crippen molar-refractivity contribution in [2.75, 3.05) is 19.8 Å². The van der Waals surface area contributed by atoms with Crippen LogP contribution >= 0.6 is 0 Å². The average molecular weight is 488 g/mol. The predicted octanol–water partition coefficient (Wildman–Crippen LogP) is 5.53. The number of nitrogens with zero attached hydrogens (tertiary/aromatic N) is 1. The van der Waals surface area contributed by atoms with Gasteiger partial charge in [0.2, 0.25) is 0 Å². The zero-order chi connectivity index (χ0) is 26.4. The summed E-state index contributed by atoms with van der Waals surface area (Å²) in [7, 11) is 0. The number of rotatable bonds is 10. The molecular weight excluding hydrogens is 446 g/mol. The van der Waals surface area contributed by atoms with Gasteiger partial charge < -0.3 is 24.6 Å². The van der Waals surface area contributed by atoms with Crippen LogP contribution in [0.25, 0.3) is 11.1 Å². The Labute approximate surface area is 209 Å². The molecule has 7 nitrogen and oxygen atoms in total. The van der Waals surface area contributed by atoms with Gasteiger partial charge in [-0.3, -0.25) is 4.79 Å². The molecule has 2 rings (SSSR count). The largest absolute Gasteiger partial charge is 0.481 e. The minimum Gasteiger partial charge on any atom is -0.481 e. The Balaban J connectivity index is 0.00000142. The quantitative estimate of drug-likeness (QED) is 0.428. The lowest BCUT2D eigenvalue weighted by Gasteiger charge is -2.28. The lowest BCUT2D eigenvalue weighted by molar-refractivity contribution is -0.134. The molecule has 0 aliphatic carbocycles. The monoisotopic (exact) mass is 487 g/mol. The second-order valence-corrected chi connectivity index (χ2v) is 9.52. The van der Waals surface area contributed by atoms with Crippen molar-refractivity contribution in [3.8, 4) is 11.1 Å². The molecule has 0 aliphatic heterocycles. The van der Waals surface area contributed by atoms with Crippen molar-refractivity contribution in [1.29, 1.82) is 0 Å². The van der Waals surface area contributed by atoms with Crippen LogP contribution in [0.4, 0.5) is 4.79 Å². The molecule has 0 spiro atoms. The highest BCUT2D eigenvalue weighted by Crippen LogP contribution is 2.26. The molecule has 0 fully saturated rings. The number of amides is 1. The third kappa shape index (κ3) is 12.9. The minimum absolute atomic E-state index is 0.140. The molecular formula is C28H41NO6. The number of carboxylic acids is 1. The number of carbonyl (C=O) groups is 2. The number of hydrogen-bond donors (Lipinski definition) is 2. The Morgan fingerprint density at radius 1 is 1.03 bits per heavy atom. The molecule has 2 aromatic rings. The van der Waals surface area contributed by atoms with Crippen molar-refractivity contribution in [3.63, 3.8) is 0 Å².